The van der Waals surface area contributed by atoms with E-state index in [4.69, 9.17) is 10.8 Å². The quantitative estimate of drug-likeness (QED) is 0.108. The number of carbonyl (C=O) groups excluding carboxylic acids is 5. The van der Waals surface area contributed by atoms with Crippen LogP contribution in [0.2, 0.25) is 0 Å². The van der Waals surface area contributed by atoms with Gasteiger partial charge < -0.3 is 36.8 Å². The largest absolute Gasteiger partial charge is 0.465 e. The zero-order valence-electron chi connectivity index (χ0n) is 28.8. The highest BCUT2D eigenvalue weighted by Gasteiger charge is 2.45. The molecule has 0 bridgehead atoms. The van der Waals surface area contributed by atoms with E-state index in [0.29, 0.717) is 12.1 Å². The van der Waals surface area contributed by atoms with Gasteiger partial charge in [-0.2, -0.15) is 0 Å². The van der Waals surface area contributed by atoms with Crippen molar-refractivity contribution in [3.8, 4) is 0 Å². The second-order valence-electron chi connectivity index (χ2n) is 13.8. The average molecular weight is 715 g/mol. The molecule has 4 atom stereocenters. The van der Waals surface area contributed by atoms with Gasteiger partial charge in [-0.15, -0.1) is 5.10 Å². The fourth-order valence-electron chi connectivity index (χ4n) is 6.87. The summed E-state index contributed by atoms with van der Waals surface area (Å²) in [6.07, 6.45) is 5.52. The van der Waals surface area contributed by atoms with Crippen LogP contribution in [0.3, 0.4) is 0 Å². The molecule has 5 amide bonds. The Morgan fingerprint density at radius 1 is 1.04 bits per heavy atom. The van der Waals surface area contributed by atoms with E-state index in [1.54, 1.807) is 0 Å². The van der Waals surface area contributed by atoms with Crippen LogP contribution < -0.4 is 21.7 Å². The molecule has 2 aromatic rings. The number of carbonyl (C=O) groups is 6. The maximum absolute atomic E-state index is 14.6. The fraction of sp³-hybridized carbons (Fsp3) is 0.588. The number of aromatic nitrogens is 3. The molecule has 2 aliphatic rings. The molecule has 1 aliphatic heterocycles. The maximum Gasteiger partial charge on any atom is 0.404 e. The number of rotatable bonds is 16. The molecule has 278 valence electrons. The van der Waals surface area contributed by atoms with Crippen molar-refractivity contribution in [2.24, 2.45) is 11.7 Å². The topological polar surface area (TPSA) is 239 Å². The third-order valence-corrected chi connectivity index (χ3v) is 9.50. The Morgan fingerprint density at radius 2 is 1.75 bits per heavy atom. The normalized spacial score (nSPS) is 19.2. The summed E-state index contributed by atoms with van der Waals surface area (Å²) < 4.78 is 16.1. The van der Waals surface area contributed by atoms with Gasteiger partial charge in [0.25, 0.3) is 11.8 Å². The second kappa shape index (κ2) is 17.3. The highest BCUT2D eigenvalue weighted by molar-refractivity contribution is 6.37. The molecule has 0 radical (unpaired) electrons. The predicted molar refractivity (Wildman–Crippen MR) is 179 cm³/mol. The molecular formula is C34H47FN8O8. The molecule has 2 heterocycles. The van der Waals surface area contributed by atoms with E-state index in [1.807, 2.05) is 0 Å². The van der Waals surface area contributed by atoms with Crippen LogP contribution in [0.1, 0.15) is 100 Å². The van der Waals surface area contributed by atoms with E-state index in [1.165, 1.54) is 47.8 Å². The van der Waals surface area contributed by atoms with Crippen LogP contribution in [0, 0.1) is 11.7 Å². The molecule has 1 aliphatic carbocycles. The molecule has 16 nitrogen and oxygen atoms in total. The van der Waals surface area contributed by atoms with E-state index >= 15 is 0 Å². The molecule has 1 aromatic heterocycles. The number of aliphatic hydroxyl groups is 1. The standard InChI is InChI=1S/C34H47FN8O8/c1-34(2,51)27-18-38-41-43(27)21-17-26(31(47)39-24(28(44)29(36)45)14-8-9-15-37-33(49)50)42(19-21)32(48)25(16-20-10-4-3-5-11-20)40-30(46)22-12-6-7-13-23(22)35/h6-7,12-13,18,20-21,24-26,37,51H,3-5,8-11,14-17,19H2,1-2H3,(H2,36,45)(H,39,47)(H,40,46)(H,49,50)/t21-,24?,25+,26-/m0/s1. The molecule has 51 heavy (non-hydrogen) atoms. The lowest BCUT2D eigenvalue weighted by molar-refractivity contribution is -0.142. The first-order chi connectivity index (χ1) is 24.2. The molecule has 7 N–H and O–H groups in total. The number of carboxylic acid groups (broad SMARTS) is 1. The van der Waals surface area contributed by atoms with Crippen molar-refractivity contribution in [1.29, 1.82) is 0 Å². The molecule has 1 saturated heterocycles. The number of hydrogen-bond acceptors (Lipinski definition) is 9. The van der Waals surface area contributed by atoms with Crippen molar-refractivity contribution >= 4 is 35.5 Å². The zero-order valence-corrected chi connectivity index (χ0v) is 28.8. The number of Topliss-reactive ketones (excluding diaryl/α,β-unsaturated/α-hetero) is 1. The number of hydrogen-bond donors (Lipinski definition) is 6. The molecule has 4 rings (SSSR count). The number of ketones is 1. The minimum absolute atomic E-state index is 0.0264. The number of nitrogens with two attached hydrogens (primary N) is 1. The maximum atomic E-state index is 14.6. The van der Waals surface area contributed by atoms with Crippen molar-refractivity contribution in [2.75, 3.05) is 13.1 Å². The average Bonchev–Trinajstić information content (AvgIpc) is 3.76. The van der Waals surface area contributed by atoms with Gasteiger partial charge in [-0.05, 0) is 57.6 Å². The SMILES string of the molecule is CC(C)(O)c1cnnn1[C@H]1C[C@@H](C(=O)NC(CCCCNC(=O)O)C(=O)C(N)=O)N(C(=O)[C@@H](CC2CCCCC2)NC(=O)c2ccccc2F)C1. The Labute approximate surface area is 294 Å². The van der Waals surface area contributed by atoms with Crippen molar-refractivity contribution in [3.05, 3.63) is 47.5 Å². The van der Waals surface area contributed by atoms with Gasteiger partial charge in [-0.3, -0.25) is 24.0 Å². The van der Waals surface area contributed by atoms with Crippen LogP contribution in [0.25, 0.3) is 0 Å². The summed E-state index contributed by atoms with van der Waals surface area (Å²) >= 11 is 0. The number of benzene rings is 1. The minimum Gasteiger partial charge on any atom is -0.465 e. The Bertz CT molecular complexity index is 1590. The molecule has 1 unspecified atom stereocenters. The Morgan fingerprint density at radius 3 is 2.39 bits per heavy atom. The third-order valence-electron chi connectivity index (χ3n) is 9.50. The van der Waals surface area contributed by atoms with Gasteiger partial charge in [0.15, 0.2) is 0 Å². The summed E-state index contributed by atoms with van der Waals surface area (Å²) in [7, 11) is 0. The number of primary amides is 1. The molecule has 17 heteroatoms. The highest BCUT2D eigenvalue weighted by atomic mass is 19.1. The highest BCUT2D eigenvalue weighted by Crippen LogP contribution is 2.33. The van der Waals surface area contributed by atoms with Gasteiger partial charge in [0, 0.05) is 19.5 Å². The first-order valence-corrected chi connectivity index (χ1v) is 17.3. The van der Waals surface area contributed by atoms with E-state index in [9.17, 15) is 38.3 Å². The van der Waals surface area contributed by atoms with Crippen molar-refractivity contribution in [2.45, 2.75) is 108 Å². The summed E-state index contributed by atoms with van der Waals surface area (Å²) in [6, 6.07) is 1.02. The van der Waals surface area contributed by atoms with Gasteiger partial charge in [-0.25, -0.2) is 13.9 Å². The molecule has 1 saturated carbocycles. The van der Waals surface area contributed by atoms with Crippen LogP contribution in [-0.4, -0.2) is 96.8 Å². The lowest BCUT2D eigenvalue weighted by atomic mass is 9.84. The Kier molecular flexibility index (Phi) is 13.2. The zero-order chi connectivity index (χ0) is 37.3. The first kappa shape index (κ1) is 38.9. The Hall–Kier alpha value is -4.93. The summed E-state index contributed by atoms with van der Waals surface area (Å²) in [4.78, 5) is 78.7. The third kappa shape index (κ3) is 10.3. The number of halogens is 1. The predicted octanol–water partition coefficient (Wildman–Crippen LogP) is 1.53. The van der Waals surface area contributed by atoms with Gasteiger partial charge in [0.1, 0.15) is 23.5 Å². The van der Waals surface area contributed by atoms with Crippen LogP contribution in [-0.2, 0) is 24.8 Å². The number of likely N-dealkylation sites (tertiary alicyclic amines) is 1. The van der Waals surface area contributed by atoms with Gasteiger partial charge in [0.05, 0.1) is 29.5 Å². The summed E-state index contributed by atoms with van der Waals surface area (Å²) in [5.41, 5.74) is 3.98. The van der Waals surface area contributed by atoms with E-state index in [-0.39, 0.29) is 50.3 Å². The first-order valence-electron chi connectivity index (χ1n) is 17.3. The van der Waals surface area contributed by atoms with Crippen molar-refractivity contribution in [1.82, 2.24) is 35.8 Å². The monoisotopic (exact) mass is 714 g/mol. The minimum atomic E-state index is -1.38. The molecule has 2 fully saturated rings. The summed E-state index contributed by atoms with van der Waals surface area (Å²) in [5, 5.41) is 35.2. The molecule has 0 spiro atoms. The van der Waals surface area contributed by atoms with E-state index in [2.05, 4.69) is 26.3 Å². The lowest BCUT2D eigenvalue weighted by Gasteiger charge is -2.32. The smallest absolute Gasteiger partial charge is 0.404 e. The van der Waals surface area contributed by atoms with E-state index < -0.39 is 71.1 Å². The Balaban J connectivity index is 1.65. The van der Waals surface area contributed by atoms with Gasteiger partial charge >= 0.3 is 6.09 Å². The fourth-order valence-corrected chi connectivity index (χ4v) is 6.87. The number of nitrogens with one attached hydrogen (secondary N) is 3. The van der Waals surface area contributed by atoms with Crippen LogP contribution in [0.15, 0.2) is 30.5 Å². The van der Waals surface area contributed by atoms with Crippen LogP contribution in [0.5, 0.6) is 0 Å². The molecular weight excluding hydrogens is 667 g/mol. The molecule has 1 aromatic carbocycles. The van der Waals surface area contributed by atoms with Crippen LogP contribution >= 0.6 is 0 Å². The van der Waals surface area contributed by atoms with Crippen LogP contribution in [0.4, 0.5) is 9.18 Å². The summed E-state index contributed by atoms with van der Waals surface area (Å²) in [5.74, 6) is -5.16. The lowest BCUT2D eigenvalue weighted by Crippen LogP contribution is -2.56. The number of unbranched alkanes of at least 4 members (excludes halogenated alkanes) is 1. The number of nitrogens with zero attached hydrogens (tertiary/aromatic N) is 4. The number of amides is 5. The van der Waals surface area contributed by atoms with Gasteiger partial charge in [-0.1, -0.05) is 49.5 Å². The van der Waals surface area contributed by atoms with Gasteiger partial charge in [0.2, 0.25) is 17.6 Å². The summed E-state index contributed by atoms with van der Waals surface area (Å²) in [6.45, 7) is 3.06. The second-order valence-corrected chi connectivity index (χ2v) is 13.8. The van der Waals surface area contributed by atoms with Crippen molar-refractivity contribution in [3.63, 3.8) is 0 Å². The van der Waals surface area contributed by atoms with Crippen molar-refractivity contribution < 1.29 is 43.4 Å². The van der Waals surface area contributed by atoms with E-state index in [0.717, 1.165) is 38.2 Å².